The number of pyridine rings is 1. The first-order valence-corrected chi connectivity index (χ1v) is 8.16. The van der Waals surface area contributed by atoms with Crippen LogP contribution < -0.4 is 4.90 Å². The van der Waals surface area contributed by atoms with Gasteiger partial charge in [-0.1, -0.05) is 6.58 Å². The zero-order chi connectivity index (χ0) is 17.4. The predicted molar refractivity (Wildman–Crippen MR) is 95.8 cm³/mol. The van der Waals surface area contributed by atoms with Crippen LogP contribution >= 0.6 is 0 Å². The Morgan fingerprint density at radius 1 is 1.16 bits per heavy atom. The van der Waals surface area contributed by atoms with E-state index in [0.29, 0.717) is 13.0 Å². The zero-order valence-electron chi connectivity index (χ0n) is 13.9. The van der Waals surface area contributed by atoms with Gasteiger partial charge in [-0.05, 0) is 25.5 Å². The number of hydrogen-bond acceptors (Lipinski definition) is 4. The van der Waals surface area contributed by atoms with E-state index in [1.165, 1.54) is 0 Å². The number of amides is 1. The van der Waals surface area contributed by atoms with Gasteiger partial charge in [-0.25, -0.2) is 0 Å². The molecular formula is C18H18N6O. The Morgan fingerprint density at radius 3 is 2.64 bits per heavy atom. The molecule has 1 saturated heterocycles. The van der Waals surface area contributed by atoms with Crippen LogP contribution in [0.1, 0.15) is 24.2 Å². The highest BCUT2D eigenvalue weighted by molar-refractivity contribution is 6.00. The highest BCUT2D eigenvalue weighted by Gasteiger charge is 2.26. The minimum atomic E-state index is 0.131. The number of carbonyl (C=O) groups excluding carboxylic acids is 1. The third-order valence-corrected chi connectivity index (χ3v) is 4.52. The average Bonchev–Trinajstić information content (AvgIpc) is 3.34. The van der Waals surface area contributed by atoms with E-state index < -0.39 is 0 Å². The minimum absolute atomic E-state index is 0.131. The van der Waals surface area contributed by atoms with Gasteiger partial charge in [-0.15, -0.1) is 0 Å². The van der Waals surface area contributed by atoms with Crippen molar-refractivity contribution in [2.45, 2.75) is 19.8 Å². The largest absolute Gasteiger partial charge is 0.312 e. The van der Waals surface area contributed by atoms with Crippen molar-refractivity contribution in [2.24, 2.45) is 0 Å². The molecule has 1 aliphatic heterocycles. The van der Waals surface area contributed by atoms with E-state index in [1.54, 1.807) is 24.7 Å². The van der Waals surface area contributed by atoms with Crippen LogP contribution in [0.3, 0.4) is 0 Å². The number of hydrogen-bond donors (Lipinski definition) is 2. The summed E-state index contributed by atoms with van der Waals surface area (Å²) in [5.74, 6) is 0.131. The summed E-state index contributed by atoms with van der Waals surface area (Å²) in [6, 6.07) is 1.95. The molecule has 0 unspecified atom stereocenters. The summed E-state index contributed by atoms with van der Waals surface area (Å²) in [5, 5.41) is 14.0. The van der Waals surface area contributed by atoms with Crippen molar-refractivity contribution in [3.05, 3.63) is 42.6 Å². The number of nitrogens with zero attached hydrogens (tertiary/aromatic N) is 4. The summed E-state index contributed by atoms with van der Waals surface area (Å²) in [5.41, 5.74) is 6.05. The minimum Gasteiger partial charge on any atom is -0.312 e. The number of rotatable bonds is 4. The molecule has 3 aromatic heterocycles. The maximum absolute atomic E-state index is 12.4. The lowest BCUT2D eigenvalue weighted by atomic mass is 10.0. The molecule has 4 rings (SSSR count). The van der Waals surface area contributed by atoms with Crippen LogP contribution in [0.5, 0.6) is 0 Å². The van der Waals surface area contributed by atoms with Gasteiger partial charge in [0.1, 0.15) is 0 Å². The Labute approximate surface area is 144 Å². The van der Waals surface area contributed by atoms with Crippen molar-refractivity contribution in [1.29, 1.82) is 0 Å². The first-order chi connectivity index (χ1) is 12.2. The first-order valence-electron chi connectivity index (χ1n) is 8.16. The normalized spacial score (nSPS) is 14.3. The van der Waals surface area contributed by atoms with Crippen LogP contribution in [-0.4, -0.2) is 37.8 Å². The fraction of sp³-hybridized carbons (Fsp3) is 0.222. The number of aromatic amines is 2. The lowest BCUT2D eigenvalue weighted by Crippen LogP contribution is -2.24. The Hall–Kier alpha value is -3.22. The van der Waals surface area contributed by atoms with Gasteiger partial charge in [-0.3, -0.25) is 20.0 Å². The van der Waals surface area contributed by atoms with E-state index >= 15 is 0 Å². The Morgan fingerprint density at radius 2 is 1.96 bits per heavy atom. The summed E-state index contributed by atoms with van der Waals surface area (Å²) < 4.78 is 0. The quantitative estimate of drug-likeness (QED) is 0.767. The average molecular weight is 334 g/mol. The molecule has 0 bridgehead atoms. The molecular weight excluding hydrogens is 316 g/mol. The maximum Gasteiger partial charge on any atom is 0.227 e. The lowest BCUT2D eigenvalue weighted by molar-refractivity contribution is -0.117. The standard InChI is InChI=1S/C18H18N6O/c1-3-15-13(10-21-23-15)14-8-19-16(12-9-20-22-11(12)2)7-17(14)24-6-4-5-18(24)25/h3,7-10H,1,4-6H2,2H3,(H,20,22)(H,21,23). The number of aryl methyl sites for hydroxylation is 1. The SMILES string of the molecule is C=Cc1[nH]ncc1-c1cnc(-c2cn[nH]c2C)cc1N1CCCC1=O. The molecule has 0 radical (unpaired) electrons. The van der Waals surface area contributed by atoms with E-state index in [1.807, 2.05) is 17.9 Å². The molecule has 126 valence electrons. The van der Waals surface area contributed by atoms with Gasteiger partial charge in [0, 0.05) is 41.5 Å². The molecule has 0 aliphatic carbocycles. The molecule has 0 saturated carbocycles. The van der Waals surface area contributed by atoms with Crippen LogP contribution in [0.15, 0.2) is 31.2 Å². The molecule has 2 N–H and O–H groups in total. The van der Waals surface area contributed by atoms with Gasteiger partial charge in [-0.2, -0.15) is 10.2 Å². The fourth-order valence-electron chi connectivity index (χ4n) is 3.20. The molecule has 4 heterocycles. The summed E-state index contributed by atoms with van der Waals surface area (Å²) in [4.78, 5) is 18.8. The van der Waals surface area contributed by atoms with Gasteiger partial charge in [0.25, 0.3) is 0 Å². The number of H-pyrrole nitrogens is 2. The van der Waals surface area contributed by atoms with Crippen molar-refractivity contribution < 1.29 is 4.79 Å². The van der Waals surface area contributed by atoms with E-state index in [4.69, 9.17) is 0 Å². The maximum atomic E-state index is 12.4. The van der Waals surface area contributed by atoms with Crippen LogP contribution in [0.25, 0.3) is 28.5 Å². The number of carbonyl (C=O) groups is 1. The zero-order valence-corrected chi connectivity index (χ0v) is 13.9. The smallest absolute Gasteiger partial charge is 0.227 e. The second-order valence-corrected chi connectivity index (χ2v) is 6.05. The molecule has 3 aromatic rings. The Bertz CT molecular complexity index is 954. The monoisotopic (exact) mass is 334 g/mol. The summed E-state index contributed by atoms with van der Waals surface area (Å²) in [7, 11) is 0. The van der Waals surface area contributed by atoms with Gasteiger partial charge < -0.3 is 4.90 Å². The first kappa shape index (κ1) is 15.3. The lowest BCUT2D eigenvalue weighted by Gasteiger charge is -2.20. The van der Waals surface area contributed by atoms with Crippen molar-refractivity contribution in [3.63, 3.8) is 0 Å². The molecule has 7 heteroatoms. The van der Waals surface area contributed by atoms with Crippen molar-refractivity contribution >= 4 is 17.7 Å². The summed E-state index contributed by atoms with van der Waals surface area (Å²) in [6.45, 7) is 6.47. The molecule has 0 spiro atoms. The highest BCUT2D eigenvalue weighted by Crippen LogP contribution is 2.37. The molecule has 1 amide bonds. The van der Waals surface area contributed by atoms with Crippen LogP contribution in [0.2, 0.25) is 0 Å². The van der Waals surface area contributed by atoms with E-state index in [0.717, 1.165) is 45.9 Å². The summed E-state index contributed by atoms with van der Waals surface area (Å²) >= 11 is 0. The highest BCUT2D eigenvalue weighted by atomic mass is 16.2. The molecule has 25 heavy (non-hydrogen) atoms. The molecule has 0 aromatic carbocycles. The predicted octanol–water partition coefficient (Wildman–Crippen LogP) is 2.94. The molecule has 1 aliphatic rings. The third kappa shape index (κ3) is 2.53. The summed E-state index contributed by atoms with van der Waals surface area (Å²) in [6.07, 6.45) is 8.43. The van der Waals surface area contributed by atoms with E-state index in [9.17, 15) is 4.79 Å². The van der Waals surface area contributed by atoms with Crippen molar-refractivity contribution in [3.8, 4) is 22.4 Å². The molecule has 0 atom stereocenters. The fourth-order valence-corrected chi connectivity index (χ4v) is 3.20. The molecule has 7 nitrogen and oxygen atoms in total. The second-order valence-electron chi connectivity index (χ2n) is 6.05. The number of anilines is 1. The van der Waals surface area contributed by atoms with Gasteiger partial charge in [0.2, 0.25) is 5.91 Å². The Balaban J connectivity index is 1.90. The van der Waals surface area contributed by atoms with Gasteiger partial charge in [0.05, 0.1) is 29.5 Å². The van der Waals surface area contributed by atoms with Gasteiger partial charge >= 0.3 is 0 Å². The van der Waals surface area contributed by atoms with E-state index in [-0.39, 0.29) is 5.91 Å². The number of nitrogens with one attached hydrogen (secondary N) is 2. The number of aromatic nitrogens is 5. The van der Waals surface area contributed by atoms with Crippen LogP contribution in [-0.2, 0) is 4.79 Å². The van der Waals surface area contributed by atoms with Gasteiger partial charge in [0.15, 0.2) is 0 Å². The van der Waals surface area contributed by atoms with Crippen molar-refractivity contribution in [2.75, 3.05) is 11.4 Å². The van der Waals surface area contributed by atoms with E-state index in [2.05, 4.69) is 32.0 Å². The van der Waals surface area contributed by atoms with Crippen LogP contribution in [0, 0.1) is 6.92 Å². The molecule has 1 fully saturated rings. The van der Waals surface area contributed by atoms with Crippen molar-refractivity contribution in [1.82, 2.24) is 25.4 Å². The third-order valence-electron chi connectivity index (χ3n) is 4.52. The Kier molecular flexibility index (Phi) is 3.68. The van der Waals surface area contributed by atoms with Crippen LogP contribution in [0.4, 0.5) is 5.69 Å². The second kappa shape index (κ2) is 6.01. The topological polar surface area (TPSA) is 90.6 Å².